The highest BCUT2D eigenvalue weighted by Gasteiger charge is 2.16. The summed E-state index contributed by atoms with van der Waals surface area (Å²) in [5.74, 6) is 0. The average Bonchev–Trinajstić information content (AvgIpc) is 3.28. The average molecular weight is 353 g/mol. The molecule has 0 spiro atoms. The molecule has 0 atom stereocenters. The van der Waals surface area contributed by atoms with E-state index in [0.29, 0.717) is 0 Å². The Morgan fingerprint density at radius 3 is 1.62 bits per heavy atom. The molecule has 138 valence electrons. The van der Waals surface area contributed by atoms with Crippen LogP contribution in [-0.2, 0) is 13.1 Å². The first-order chi connectivity index (χ1) is 12.6. The Bertz CT molecular complexity index is 789. The maximum absolute atomic E-state index is 2.30. The molecule has 26 heavy (non-hydrogen) atoms. The zero-order valence-corrected chi connectivity index (χ0v) is 16.7. The van der Waals surface area contributed by atoms with Crippen molar-refractivity contribution in [3.8, 4) is 11.4 Å². The summed E-state index contributed by atoms with van der Waals surface area (Å²) < 4.78 is 9.03. The van der Waals surface area contributed by atoms with Crippen molar-refractivity contribution in [1.82, 2.24) is 9.13 Å². The quantitative estimate of drug-likeness (QED) is 0.544. The fourth-order valence-corrected chi connectivity index (χ4v) is 3.41. The van der Waals surface area contributed by atoms with Gasteiger partial charge >= 0.3 is 0 Å². The van der Waals surface area contributed by atoms with Crippen molar-refractivity contribution in [3.05, 3.63) is 60.7 Å². The summed E-state index contributed by atoms with van der Waals surface area (Å²) in [4.78, 5) is 0. The summed E-state index contributed by atoms with van der Waals surface area (Å²) in [6, 6.07) is 4.59. The van der Waals surface area contributed by atoms with E-state index in [1.165, 1.54) is 48.2 Å². The highest BCUT2D eigenvalue weighted by Crippen LogP contribution is 2.22. The van der Waals surface area contributed by atoms with Crippen LogP contribution in [0.25, 0.3) is 11.4 Å². The predicted molar refractivity (Wildman–Crippen MR) is 105 cm³/mol. The molecular weight excluding hydrogens is 320 g/mol. The molecule has 3 rings (SSSR count). The molecule has 0 bridgehead atoms. The number of benzene rings is 1. The van der Waals surface area contributed by atoms with E-state index in [-0.39, 0.29) is 0 Å². The minimum atomic E-state index is 1.08. The van der Waals surface area contributed by atoms with Crippen LogP contribution in [0.3, 0.4) is 0 Å². The third kappa shape index (κ3) is 4.06. The van der Waals surface area contributed by atoms with Gasteiger partial charge in [0.2, 0.25) is 12.7 Å². The van der Waals surface area contributed by atoms with Crippen LogP contribution in [0.1, 0.15) is 50.7 Å². The van der Waals surface area contributed by atoms with Crippen molar-refractivity contribution in [3.63, 3.8) is 0 Å². The van der Waals surface area contributed by atoms with Crippen molar-refractivity contribution in [2.75, 3.05) is 0 Å². The monoisotopic (exact) mass is 352 g/mol. The van der Waals surface area contributed by atoms with E-state index in [0.717, 1.165) is 13.1 Å². The highest BCUT2D eigenvalue weighted by molar-refractivity contribution is 5.53. The van der Waals surface area contributed by atoms with Crippen molar-refractivity contribution < 1.29 is 9.13 Å². The Morgan fingerprint density at radius 1 is 0.731 bits per heavy atom. The van der Waals surface area contributed by atoms with Crippen LogP contribution in [0.4, 0.5) is 0 Å². The van der Waals surface area contributed by atoms with Gasteiger partial charge in [-0.05, 0) is 43.9 Å². The van der Waals surface area contributed by atoms with Crippen LogP contribution in [0.15, 0.2) is 49.6 Å². The van der Waals surface area contributed by atoms with Gasteiger partial charge in [0.05, 0.1) is 13.1 Å². The lowest BCUT2D eigenvalue weighted by atomic mass is 10.1. The first-order valence-electron chi connectivity index (χ1n) is 9.88. The van der Waals surface area contributed by atoms with E-state index >= 15 is 0 Å². The minimum absolute atomic E-state index is 1.08. The highest BCUT2D eigenvalue weighted by atomic mass is 15.1. The topological polar surface area (TPSA) is 17.6 Å². The van der Waals surface area contributed by atoms with E-state index in [1.54, 1.807) is 0 Å². The number of unbranched alkanes of at least 4 members (excludes halogenated alkanes) is 2. The standard InChI is InChI=1S/C22H32N4/c1-5-7-9-23-11-13-25(17-23)21-16-22(20(4)15-19(21)3)26-14-12-24(18-26)10-8-6-2/h11-18H,5-10H2,1-4H3/q+2. The number of hydrogen-bond acceptors (Lipinski definition) is 0. The van der Waals surface area contributed by atoms with Crippen LogP contribution in [0.2, 0.25) is 0 Å². The number of aromatic nitrogens is 4. The Morgan fingerprint density at radius 2 is 1.19 bits per heavy atom. The molecule has 4 heteroatoms. The summed E-state index contributed by atoms with van der Waals surface area (Å²) in [5, 5.41) is 0. The second-order valence-electron chi connectivity index (χ2n) is 7.25. The van der Waals surface area contributed by atoms with Crippen LogP contribution < -0.4 is 9.13 Å². The van der Waals surface area contributed by atoms with Crippen molar-refractivity contribution in [2.24, 2.45) is 0 Å². The molecule has 0 amide bonds. The van der Waals surface area contributed by atoms with E-state index in [4.69, 9.17) is 0 Å². The molecule has 0 aliphatic carbocycles. The molecule has 0 N–H and O–H groups in total. The summed E-state index contributed by atoms with van der Waals surface area (Å²) in [6.45, 7) is 11.0. The predicted octanol–water partition coefficient (Wildman–Crippen LogP) is 4.06. The van der Waals surface area contributed by atoms with Gasteiger partial charge in [0.15, 0.2) is 0 Å². The molecule has 1 aromatic carbocycles. The molecule has 0 fully saturated rings. The van der Waals surface area contributed by atoms with Gasteiger partial charge in [-0.25, -0.2) is 18.3 Å². The van der Waals surface area contributed by atoms with Gasteiger partial charge in [-0.2, -0.15) is 0 Å². The maximum atomic E-state index is 2.30. The first-order valence-corrected chi connectivity index (χ1v) is 9.88. The summed E-state index contributed by atoms with van der Waals surface area (Å²) in [5.41, 5.74) is 5.09. The third-order valence-corrected chi connectivity index (χ3v) is 4.99. The van der Waals surface area contributed by atoms with Gasteiger partial charge in [0, 0.05) is 6.07 Å². The number of hydrogen-bond donors (Lipinski definition) is 0. The minimum Gasteiger partial charge on any atom is -0.236 e. The molecule has 0 aliphatic rings. The van der Waals surface area contributed by atoms with Crippen LogP contribution in [-0.4, -0.2) is 9.13 Å². The Hall–Kier alpha value is -2.36. The van der Waals surface area contributed by atoms with E-state index in [1.807, 2.05) is 0 Å². The Kier molecular flexibility index (Phi) is 5.92. The van der Waals surface area contributed by atoms with Gasteiger partial charge < -0.3 is 0 Å². The SMILES string of the molecule is CCCC[n+]1ccn(-c2cc(-n3cc[n+](CCCC)c3)c(C)cc2C)c1. The van der Waals surface area contributed by atoms with E-state index in [9.17, 15) is 0 Å². The van der Waals surface area contributed by atoms with Crippen molar-refractivity contribution in [2.45, 2.75) is 66.5 Å². The molecule has 0 saturated heterocycles. The lowest BCUT2D eigenvalue weighted by Crippen LogP contribution is -2.30. The fourth-order valence-electron chi connectivity index (χ4n) is 3.41. The van der Waals surface area contributed by atoms with Crippen molar-refractivity contribution >= 4 is 0 Å². The normalized spacial score (nSPS) is 11.2. The molecule has 3 aromatic rings. The van der Waals surface area contributed by atoms with Crippen LogP contribution in [0.5, 0.6) is 0 Å². The lowest BCUT2D eigenvalue weighted by Gasteiger charge is -2.07. The Balaban J connectivity index is 1.92. The molecular formula is C22H32N4+2. The van der Waals surface area contributed by atoms with Crippen LogP contribution >= 0.6 is 0 Å². The first kappa shape index (κ1) is 18.4. The summed E-state index contributed by atoms with van der Waals surface area (Å²) in [6.07, 6.45) is 17.9. The molecule has 4 nitrogen and oxygen atoms in total. The molecule has 0 saturated carbocycles. The molecule has 0 radical (unpaired) electrons. The van der Waals surface area contributed by atoms with Gasteiger partial charge in [-0.3, -0.25) is 0 Å². The van der Waals surface area contributed by atoms with Gasteiger partial charge in [0.25, 0.3) is 0 Å². The van der Waals surface area contributed by atoms with E-state index < -0.39 is 0 Å². The Labute approximate surface area is 157 Å². The largest absolute Gasteiger partial charge is 0.248 e. The fraction of sp³-hybridized carbons (Fsp3) is 0.455. The number of aryl methyl sites for hydroxylation is 4. The number of imidazole rings is 2. The molecule has 2 aromatic heterocycles. The summed E-state index contributed by atoms with van der Waals surface area (Å²) >= 11 is 0. The molecule has 2 heterocycles. The zero-order chi connectivity index (χ0) is 18.5. The van der Waals surface area contributed by atoms with Gasteiger partial charge in [-0.15, -0.1) is 0 Å². The molecule has 0 unspecified atom stereocenters. The number of rotatable bonds is 8. The van der Waals surface area contributed by atoms with E-state index in [2.05, 4.69) is 95.5 Å². The maximum Gasteiger partial charge on any atom is 0.248 e. The lowest BCUT2D eigenvalue weighted by molar-refractivity contribution is -0.696. The second-order valence-corrected chi connectivity index (χ2v) is 7.25. The smallest absolute Gasteiger partial charge is 0.236 e. The zero-order valence-electron chi connectivity index (χ0n) is 16.7. The van der Waals surface area contributed by atoms with Crippen molar-refractivity contribution in [1.29, 1.82) is 0 Å². The molecule has 0 aliphatic heterocycles. The van der Waals surface area contributed by atoms with Gasteiger partial charge in [0.1, 0.15) is 36.2 Å². The van der Waals surface area contributed by atoms with Gasteiger partial charge in [-0.1, -0.05) is 26.7 Å². The summed E-state index contributed by atoms with van der Waals surface area (Å²) in [7, 11) is 0. The second kappa shape index (κ2) is 8.35. The number of nitrogens with zero attached hydrogens (tertiary/aromatic N) is 4. The van der Waals surface area contributed by atoms with Crippen LogP contribution in [0, 0.1) is 13.8 Å². The third-order valence-electron chi connectivity index (χ3n) is 4.99.